The minimum atomic E-state index is -1.28. The Morgan fingerprint density at radius 1 is 1.50 bits per heavy atom. The highest BCUT2D eigenvalue weighted by molar-refractivity contribution is 5.82. The Morgan fingerprint density at radius 2 is 2.07 bits per heavy atom. The predicted octanol–water partition coefficient (Wildman–Crippen LogP) is -0.693. The van der Waals surface area contributed by atoms with Crippen LogP contribution in [0.1, 0.15) is 6.92 Å². The van der Waals surface area contributed by atoms with Gasteiger partial charge < -0.3 is 20.8 Å². The van der Waals surface area contributed by atoms with Crippen molar-refractivity contribution < 1.29 is 19.8 Å². The zero-order valence-corrected chi connectivity index (χ0v) is 7.91. The second kappa shape index (κ2) is 5.98. The van der Waals surface area contributed by atoms with Gasteiger partial charge in [-0.15, -0.1) is 0 Å². The molecule has 0 aliphatic heterocycles. The van der Waals surface area contributed by atoms with Crippen molar-refractivity contribution >= 4 is 12.0 Å². The van der Waals surface area contributed by atoms with Crippen molar-refractivity contribution in [2.75, 3.05) is 13.2 Å². The minimum Gasteiger partial charge on any atom is -0.480 e. The molecule has 1 atom stereocenters. The third kappa shape index (κ3) is 5.15. The SMILES string of the molecule is C=C(C)CNC(=O)NC(CO)C(=O)O. The predicted molar refractivity (Wildman–Crippen MR) is 49.9 cm³/mol. The average Bonchev–Trinajstić information content (AvgIpc) is 2.10. The van der Waals surface area contributed by atoms with Crippen LogP contribution in [-0.4, -0.2) is 41.4 Å². The van der Waals surface area contributed by atoms with E-state index >= 15 is 0 Å². The van der Waals surface area contributed by atoms with E-state index in [1.54, 1.807) is 6.92 Å². The Kier molecular flexibility index (Phi) is 5.31. The zero-order valence-electron chi connectivity index (χ0n) is 7.91. The Morgan fingerprint density at radius 3 is 2.43 bits per heavy atom. The number of carboxylic acids is 1. The number of rotatable bonds is 5. The maximum Gasteiger partial charge on any atom is 0.328 e. The van der Waals surface area contributed by atoms with Crippen molar-refractivity contribution in [3.63, 3.8) is 0 Å². The number of carbonyl (C=O) groups is 2. The van der Waals surface area contributed by atoms with E-state index < -0.39 is 24.6 Å². The van der Waals surface area contributed by atoms with Gasteiger partial charge in [0.05, 0.1) is 6.61 Å². The summed E-state index contributed by atoms with van der Waals surface area (Å²) in [5.41, 5.74) is 0.746. The van der Waals surface area contributed by atoms with Crippen molar-refractivity contribution in [1.82, 2.24) is 10.6 Å². The van der Waals surface area contributed by atoms with Gasteiger partial charge in [0.1, 0.15) is 0 Å². The van der Waals surface area contributed by atoms with Gasteiger partial charge in [0.2, 0.25) is 0 Å². The molecule has 1 unspecified atom stereocenters. The molecule has 0 heterocycles. The molecule has 0 radical (unpaired) electrons. The van der Waals surface area contributed by atoms with Gasteiger partial charge in [-0.3, -0.25) is 0 Å². The molecule has 0 aromatic carbocycles. The minimum absolute atomic E-state index is 0.267. The highest BCUT2D eigenvalue weighted by atomic mass is 16.4. The van der Waals surface area contributed by atoms with Crippen LogP contribution in [0, 0.1) is 0 Å². The molecule has 0 saturated carbocycles. The molecule has 0 saturated heterocycles. The Hall–Kier alpha value is -1.56. The Bertz CT molecular complexity index is 239. The lowest BCUT2D eigenvalue weighted by molar-refractivity contribution is -0.140. The van der Waals surface area contributed by atoms with Crippen LogP contribution in [0.2, 0.25) is 0 Å². The number of hydrogen-bond acceptors (Lipinski definition) is 3. The molecule has 0 rings (SSSR count). The van der Waals surface area contributed by atoms with Gasteiger partial charge in [0.15, 0.2) is 6.04 Å². The number of amides is 2. The first-order valence-corrected chi connectivity index (χ1v) is 3.99. The topological polar surface area (TPSA) is 98.7 Å². The fourth-order valence-electron chi connectivity index (χ4n) is 0.626. The largest absolute Gasteiger partial charge is 0.480 e. The number of urea groups is 1. The van der Waals surface area contributed by atoms with E-state index in [0.717, 1.165) is 5.57 Å². The van der Waals surface area contributed by atoms with Crippen LogP contribution in [0.4, 0.5) is 4.79 Å². The number of aliphatic hydroxyl groups is 1. The molecule has 0 bridgehead atoms. The molecular formula is C8H14N2O4. The zero-order chi connectivity index (χ0) is 11.1. The molecule has 0 aliphatic carbocycles. The molecule has 4 N–H and O–H groups in total. The molecule has 14 heavy (non-hydrogen) atoms. The number of aliphatic carboxylic acids is 1. The summed E-state index contributed by atoms with van der Waals surface area (Å²) in [5, 5.41) is 21.5. The third-order valence-electron chi connectivity index (χ3n) is 1.34. The molecular weight excluding hydrogens is 188 g/mol. The lowest BCUT2D eigenvalue weighted by Crippen LogP contribution is -2.48. The molecule has 0 spiro atoms. The monoisotopic (exact) mass is 202 g/mol. The lowest BCUT2D eigenvalue weighted by Gasteiger charge is -2.12. The fourth-order valence-corrected chi connectivity index (χ4v) is 0.626. The van der Waals surface area contributed by atoms with Gasteiger partial charge in [-0.25, -0.2) is 9.59 Å². The van der Waals surface area contributed by atoms with Gasteiger partial charge in [-0.2, -0.15) is 0 Å². The molecule has 2 amide bonds. The highest BCUT2D eigenvalue weighted by Crippen LogP contribution is 1.84. The first-order chi connectivity index (χ1) is 6.47. The van der Waals surface area contributed by atoms with Crippen LogP contribution in [0.5, 0.6) is 0 Å². The summed E-state index contributed by atoms with van der Waals surface area (Å²) < 4.78 is 0. The van der Waals surface area contributed by atoms with Crippen molar-refractivity contribution in [2.45, 2.75) is 13.0 Å². The van der Waals surface area contributed by atoms with Crippen LogP contribution in [-0.2, 0) is 4.79 Å². The van der Waals surface area contributed by atoms with E-state index in [2.05, 4.69) is 17.2 Å². The van der Waals surface area contributed by atoms with Crippen molar-refractivity contribution in [3.05, 3.63) is 12.2 Å². The number of nitrogens with one attached hydrogen (secondary N) is 2. The summed E-state index contributed by atoms with van der Waals surface area (Å²) in [6.07, 6.45) is 0. The summed E-state index contributed by atoms with van der Waals surface area (Å²) in [6.45, 7) is 4.90. The molecule has 0 fully saturated rings. The van der Waals surface area contributed by atoms with Crippen LogP contribution in [0.15, 0.2) is 12.2 Å². The number of carbonyl (C=O) groups excluding carboxylic acids is 1. The summed E-state index contributed by atoms with van der Waals surface area (Å²) in [5.74, 6) is -1.28. The van der Waals surface area contributed by atoms with E-state index in [1.165, 1.54) is 0 Å². The fraction of sp³-hybridized carbons (Fsp3) is 0.500. The average molecular weight is 202 g/mol. The number of carboxylic acid groups (broad SMARTS) is 1. The van der Waals surface area contributed by atoms with Gasteiger partial charge in [-0.1, -0.05) is 12.2 Å². The summed E-state index contributed by atoms with van der Waals surface area (Å²) >= 11 is 0. The second-order valence-corrected chi connectivity index (χ2v) is 2.86. The first-order valence-electron chi connectivity index (χ1n) is 3.99. The van der Waals surface area contributed by atoms with Gasteiger partial charge in [0.25, 0.3) is 0 Å². The molecule has 0 aliphatic rings. The summed E-state index contributed by atoms with van der Waals surface area (Å²) in [6, 6.07) is -1.92. The van der Waals surface area contributed by atoms with Crippen LogP contribution < -0.4 is 10.6 Å². The molecule has 6 nitrogen and oxygen atoms in total. The standard InChI is InChI=1S/C8H14N2O4/c1-5(2)3-9-8(14)10-6(4-11)7(12)13/h6,11H,1,3-4H2,2H3,(H,12,13)(H2,9,10,14). The van der Waals surface area contributed by atoms with E-state index in [9.17, 15) is 9.59 Å². The van der Waals surface area contributed by atoms with E-state index in [0.29, 0.717) is 0 Å². The quantitative estimate of drug-likeness (QED) is 0.443. The molecule has 0 aromatic rings. The van der Waals surface area contributed by atoms with E-state index in [1.807, 2.05) is 0 Å². The maximum atomic E-state index is 11.0. The Labute approximate surface area is 81.6 Å². The smallest absolute Gasteiger partial charge is 0.328 e. The first kappa shape index (κ1) is 12.4. The van der Waals surface area contributed by atoms with Crippen molar-refractivity contribution in [2.24, 2.45) is 0 Å². The van der Waals surface area contributed by atoms with Gasteiger partial charge >= 0.3 is 12.0 Å². The molecule has 6 heteroatoms. The number of aliphatic hydroxyl groups excluding tert-OH is 1. The van der Waals surface area contributed by atoms with E-state index in [-0.39, 0.29) is 6.54 Å². The van der Waals surface area contributed by atoms with Gasteiger partial charge in [0, 0.05) is 6.54 Å². The Balaban J connectivity index is 3.91. The third-order valence-corrected chi connectivity index (χ3v) is 1.34. The number of hydrogen-bond donors (Lipinski definition) is 4. The highest BCUT2D eigenvalue weighted by Gasteiger charge is 2.17. The van der Waals surface area contributed by atoms with Crippen LogP contribution in [0.25, 0.3) is 0 Å². The van der Waals surface area contributed by atoms with Crippen LogP contribution >= 0.6 is 0 Å². The van der Waals surface area contributed by atoms with Crippen molar-refractivity contribution in [3.8, 4) is 0 Å². The molecule has 0 aromatic heterocycles. The molecule has 80 valence electrons. The summed E-state index contributed by atoms with van der Waals surface area (Å²) in [4.78, 5) is 21.4. The van der Waals surface area contributed by atoms with Gasteiger partial charge in [-0.05, 0) is 6.92 Å². The van der Waals surface area contributed by atoms with Crippen molar-refractivity contribution in [1.29, 1.82) is 0 Å². The van der Waals surface area contributed by atoms with Crippen LogP contribution in [0.3, 0.4) is 0 Å². The lowest BCUT2D eigenvalue weighted by atomic mass is 10.3. The summed E-state index contributed by atoms with van der Waals surface area (Å²) in [7, 11) is 0. The second-order valence-electron chi connectivity index (χ2n) is 2.86. The van der Waals surface area contributed by atoms with E-state index in [4.69, 9.17) is 10.2 Å². The maximum absolute atomic E-state index is 11.0. The normalized spacial score (nSPS) is 11.6.